The van der Waals surface area contributed by atoms with Gasteiger partial charge >= 0.3 is 0 Å². The van der Waals surface area contributed by atoms with Crippen LogP contribution in [0.3, 0.4) is 0 Å². The highest BCUT2D eigenvalue weighted by molar-refractivity contribution is 9.11. The molecule has 4 nitrogen and oxygen atoms in total. The maximum absolute atomic E-state index is 6.36. The highest BCUT2D eigenvalue weighted by Gasteiger charge is 2.31. The SMILES string of the molecule is Cc1cc(C(c2cc(C)c(N)c(Br)c2)C(c2cc(C)c(N)c(Br)c2)c2cc(C)c(N)c(Br)c2)cc(Br)c1N. The molecule has 4 aromatic rings. The number of hydrogen-bond donors (Lipinski definition) is 4. The third-order valence-corrected chi connectivity index (χ3v) is 9.83. The fourth-order valence-electron chi connectivity index (χ4n) is 5.00. The van der Waals surface area contributed by atoms with Crippen LogP contribution in [-0.2, 0) is 0 Å². The Labute approximate surface area is 258 Å². The lowest BCUT2D eigenvalue weighted by Crippen LogP contribution is -2.17. The van der Waals surface area contributed by atoms with Gasteiger partial charge in [0.15, 0.2) is 0 Å². The van der Waals surface area contributed by atoms with Crippen LogP contribution in [0.4, 0.5) is 22.7 Å². The van der Waals surface area contributed by atoms with Crippen molar-refractivity contribution in [3.63, 3.8) is 0 Å². The molecule has 0 spiro atoms. The van der Waals surface area contributed by atoms with Crippen molar-refractivity contribution in [3.8, 4) is 0 Å². The van der Waals surface area contributed by atoms with E-state index in [0.717, 1.165) is 85.1 Å². The Balaban J connectivity index is 2.14. The first kappa shape index (κ1) is 29.0. The number of nitrogen functional groups attached to an aromatic ring is 4. The van der Waals surface area contributed by atoms with Crippen LogP contribution in [0, 0.1) is 27.7 Å². The topological polar surface area (TPSA) is 104 Å². The van der Waals surface area contributed by atoms with Gasteiger partial charge in [-0.05, 0) is 160 Å². The first-order valence-electron chi connectivity index (χ1n) is 12.0. The lowest BCUT2D eigenvalue weighted by atomic mass is 9.72. The quantitative estimate of drug-likeness (QED) is 0.152. The maximum Gasteiger partial charge on any atom is 0.0488 e. The molecule has 0 saturated heterocycles. The van der Waals surface area contributed by atoms with E-state index in [1.54, 1.807) is 0 Å². The summed E-state index contributed by atoms with van der Waals surface area (Å²) in [7, 11) is 0. The molecule has 4 rings (SSSR count). The Morgan fingerprint density at radius 3 is 0.737 bits per heavy atom. The summed E-state index contributed by atoms with van der Waals surface area (Å²) in [6.07, 6.45) is 0. The molecule has 0 amide bonds. The van der Waals surface area contributed by atoms with Gasteiger partial charge in [0.2, 0.25) is 0 Å². The molecule has 0 heterocycles. The van der Waals surface area contributed by atoms with Gasteiger partial charge in [0.25, 0.3) is 0 Å². The summed E-state index contributed by atoms with van der Waals surface area (Å²) in [6.45, 7) is 8.14. The van der Waals surface area contributed by atoms with Gasteiger partial charge in [0.05, 0.1) is 0 Å². The highest BCUT2D eigenvalue weighted by atomic mass is 79.9. The summed E-state index contributed by atoms with van der Waals surface area (Å²) in [4.78, 5) is 0. The van der Waals surface area contributed by atoms with Gasteiger partial charge < -0.3 is 22.9 Å². The molecule has 0 fully saturated rings. The minimum Gasteiger partial charge on any atom is -0.398 e. The molecule has 38 heavy (non-hydrogen) atoms. The predicted molar refractivity (Wildman–Crippen MR) is 177 cm³/mol. The van der Waals surface area contributed by atoms with Gasteiger partial charge in [-0.15, -0.1) is 0 Å². The van der Waals surface area contributed by atoms with Gasteiger partial charge in [0.1, 0.15) is 0 Å². The van der Waals surface area contributed by atoms with Crippen molar-refractivity contribution in [2.24, 2.45) is 0 Å². The predicted octanol–water partition coefficient (Wildman–Crippen LogP) is 9.26. The zero-order valence-corrected chi connectivity index (χ0v) is 27.9. The molecule has 0 unspecified atom stereocenters. The number of aryl methyl sites for hydroxylation is 4. The van der Waals surface area contributed by atoms with E-state index >= 15 is 0 Å². The number of halogens is 4. The third-order valence-electron chi connectivity index (χ3n) is 7.20. The van der Waals surface area contributed by atoms with Crippen LogP contribution in [-0.4, -0.2) is 0 Å². The van der Waals surface area contributed by atoms with E-state index in [4.69, 9.17) is 22.9 Å². The van der Waals surface area contributed by atoms with Crippen molar-refractivity contribution in [1.29, 1.82) is 0 Å². The van der Waals surface area contributed by atoms with Gasteiger partial charge in [-0.1, -0.05) is 24.3 Å². The van der Waals surface area contributed by atoms with Crippen LogP contribution < -0.4 is 22.9 Å². The van der Waals surface area contributed by atoms with Crippen molar-refractivity contribution in [1.82, 2.24) is 0 Å². The van der Waals surface area contributed by atoms with Crippen LogP contribution >= 0.6 is 63.7 Å². The summed E-state index contributed by atoms with van der Waals surface area (Å²) in [6, 6.07) is 17.2. The zero-order chi connectivity index (χ0) is 28.0. The Morgan fingerprint density at radius 2 is 0.579 bits per heavy atom. The normalized spacial score (nSPS) is 11.5. The van der Waals surface area contributed by atoms with Crippen LogP contribution in [0.1, 0.15) is 56.3 Å². The van der Waals surface area contributed by atoms with E-state index in [1.165, 1.54) is 0 Å². The Hall–Kier alpha value is -2.00. The van der Waals surface area contributed by atoms with Crippen molar-refractivity contribution >= 4 is 86.5 Å². The average Bonchev–Trinajstić information content (AvgIpc) is 2.85. The van der Waals surface area contributed by atoms with Crippen LogP contribution in [0.5, 0.6) is 0 Å². The molecule has 0 aliphatic rings. The molecule has 4 aromatic carbocycles. The molecule has 8 N–H and O–H groups in total. The lowest BCUT2D eigenvalue weighted by Gasteiger charge is -2.32. The van der Waals surface area contributed by atoms with E-state index in [1.807, 2.05) is 27.7 Å². The minimum absolute atomic E-state index is 0.0916. The van der Waals surface area contributed by atoms with Gasteiger partial charge in [-0.25, -0.2) is 0 Å². The van der Waals surface area contributed by atoms with Crippen LogP contribution in [0.15, 0.2) is 66.4 Å². The molecule has 0 bridgehead atoms. The second kappa shape index (κ2) is 11.2. The molecule has 0 aliphatic carbocycles. The first-order chi connectivity index (χ1) is 17.8. The largest absolute Gasteiger partial charge is 0.398 e. The minimum atomic E-state index is -0.0916. The number of hydrogen-bond acceptors (Lipinski definition) is 4. The smallest absolute Gasteiger partial charge is 0.0488 e. The van der Waals surface area contributed by atoms with E-state index in [9.17, 15) is 0 Å². The summed E-state index contributed by atoms with van der Waals surface area (Å²) in [5.74, 6) is -0.183. The van der Waals surface area contributed by atoms with Crippen LogP contribution in [0.2, 0.25) is 0 Å². The molecule has 0 aliphatic heterocycles. The molecular formula is C30H30Br4N4. The number of rotatable bonds is 5. The maximum atomic E-state index is 6.36. The van der Waals surface area contributed by atoms with Gasteiger partial charge in [0, 0.05) is 52.5 Å². The Morgan fingerprint density at radius 1 is 0.395 bits per heavy atom. The number of anilines is 4. The molecule has 0 atom stereocenters. The van der Waals surface area contributed by atoms with E-state index in [2.05, 4.69) is 112 Å². The molecular weight excluding hydrogens is 736 g/mol. The summed E-state index contributed by atoms with van der Waals surface area (Å²) >= 11 is 14.8. The second-order valence-corrected chi connectivity index (χ2v) is 13.3. The van der Waals surface area contributed by atoms with Crippen molar-refractivity contribution < 1.29 is 0 Å². The molecule has 0 radical (unpaired) electrons. The summed E-state index contributed by atoms with van der Waals surface area (Å²) in [5, 5.41) is 0. The average molecular weight is 766 g/mol. The lowest BCUT2D eigenvalue weighted by molar-refractivity contribution is 0.691. The first-order valence-corrected chi connectivity index (χ1v) is 15.2. The Kier molecular flexibility index (Phi) is 8.58. The van der Waals surface area contributed by atoms with E-state index in [-0.39, 0.29) is 11.8 Å². The van der Waals surface area contributed by atoms with Crippen molar-refractivity contribution in [2.75, 3.05) is 22.9 Å². The standard InChI is InChI=1S/C30H30Br4N4/c1-13-5-17(9-21(31)27(13)35)25(18-6-14(2)28(36)22(32)10-18)26(19-7-15(3)29(37)23(33)11-19)20-8-16(4)30(38)24(34)12-20/h5-12,25-26H,35-38H2,1-4H3. The number of nitrogens with two attached hydrogens (primary N) is 4. The summed E-state index contributed by atoms with van der Waals surface area (Å²) < 4.78 is 3.47. The second-order valence-electron chi connectivity index (χ2n) is 9.89. The monoisotopic (exact) mass is 762 g/mol. The Bertz CT molecular complexity index is 1240. The van der Waals surface area contributed by atoms with Crippen molar-refractivity contribution in [2.45, 2.75) is 39.5 Å². The zero-order valence-electron chi connectivity index (χ0n) is 21.6. The van der Waals surface area contributed by atoms with Crippen LogP contribution in [0.25, 0.3) is 0 Å². The molecule has 0 aromatic heterocycles. The molecule has 8 heteroatoms. The van der Waals surface area contributed by atoms with E-state index < -0.39 is 0 Å². The highest BCUT2D eigenvalue weighted by Crippen LogP contribution is 2.48. The summed E-state index contributed by atoms with van der Waals surface area (Å²) in [5.41, 5.74) is 36.9. The fraction of sp³-hybridized carbons (Fsp3) is 0.200. The fourth-order valence-corrected chi connectivity index (χ4v) is 7.31. The number of benzene rings is 4. The third kappa shape index (κ3) is 5.51. The molecule has 0 saturated carbocycles. The molecule has 198 valence electrons. The van der Waals surface area contributed by atoms with E-state index in [0.29, 0.717) is 0 Å². The van der Waals surface area contributed by atoms with Gasteiger partial charge in [-0.2, -0.15) is 0 Å². The van der Waals surface area contributed by atoms with Crippen molar-refractivity contribution in [3.05, 3.63) is 111 Å². The van der Waals surface area contributed by atoms with Gasteiger partial charge in [-0.3, -0.25) is 0 Å².